The van der Waals surface area contributed by atoms with E-state index < -0.39 is 5.60 Å². The van der Waals surface area contributed by atoms with E-state index in [4.69, 9.17) is 0 Å². The van der Waals surface area contributed by atoms with Crippen LogP contribution in [0, 0.1) is 18.8 Å². The molecule has 2 heteroatoms. The average molecular weight is 180 g/mol. The van der Waals surface area contributed by atoms with E-state index in [0.29, 0.717) is 0 Å². The van der Waals surface area contributed by atoms with Gasteiger partial charge >= 0.3 is 0 Å². The van der Waals surface area contributed by atoms with Crippen LogP contribution in [0.25, 0.3) is 0 Å². The molecule has 0 spiro atoms. The van der Waals surface area contributed by atoms with Crippen molar-refractivity contribution in [3.05, 3.63) is 21.9 Å². The van der Waals surface area contributed by atoms with Crippen molar-refractivity contribution < 1.29 is 5.11 Å². The van der Waals surface area contributed by atoms with Crippen molar-refractivity contribution in [3.63, 3.8) is 0 Å². The fourth-order valence-corrected chi connectivity index (χ4v) is 1.39. The van der Waals surface area contributed by atoms with Crippen LogP contribution in [0.3, 0.4) is 0 Å². The van der Waals surface area contributed by atoms with Crippen LogP contribution in [-0.2, 0) is 0 Å². The third-order valence-corrected chi connectivity index (χ3v) is 2.21. The van der Waals surface area contributed by atoms with E-state index >= 15 is 0 Å². The van der Waals surface area contributed by atoms with Crippen LogP contribution >= 0.6 is 11.3 Å². The number of hydrogen-bond acceptors (Lipinski definition) is 2. The smallest absolute Gasteiger partial charge is 0.120 e. The zero-order chi connectivity index (χ0) is 9.19. The second-order valence-electron chi connectivity index (χ2n) is 3.20. The molecule has 0 fully saturated rings. The van der Waals surface area contributed by atoms with E-state index in [1.54, 1.807) is 25.2 Å². The maximum absolute atomic E-state index is 9.34. The molecule has 0 aromatic carbocycles. The Kier molecular flexibility index (Phi) is 2.56. The number of aryl methyl sites for hydroxylation is 1. The van der Waals surface area contributed by atoms with Gasteiger partial charge in [-0.1, -0.05) is 11.8 Å². The van der Waals surface area contributed by atoms with E-state index in [-0.39, 0.29) is 0 Å². The van der Waals surface area contributed by atoms with Gasteiger partial charge in [-0.3, -0.25) is 0 Å². The van der Waals surface area contributed by atoms with Gasteiger partial charge in [0.25, 0.3) is 0 Å². The molecule has 1 heterocycles. The maximum Gasteiger partial charge on any atom is 0.120 e. The highest BCUT2D eigenvalue weighted by Gasteiger charge is 2.06. The third kappa shape index (κ3) is 2.69. The predicted octanol–water partition coefficient (Wildman–Crippen LogP) is 2.18. The molecule has 1 rings (SSSR count). The van der Waals surface area contributed by atoms with Crippen molar-refractivity contribution in [1.29, 1.82) is 0 Å². The summed E-state index contributed by atoms with van der Waals surface area (Å²) >= 11 is 1.67. The number of thiophene rings is 1. The van der Waals surface area contributed by atoms with Gasteiger partial charge in [-0.25, -0.2) is 0 Å². The first-order valence-corrected chi connectivity index (χ1v) is 4.67. The summed E-state index contributed by atoms with van der Waals surface area (Å²) in [6.45, 7) is 5.39. The van der Waals surface area contributed by atoms with Crippen LogP contribution in [0.4, 0.5) is 0 Å². The molecule has 0 aliphatic rings. The SMILES string of the molecule is Cc1sccc1C#CC(C)(C)O. The Morgan fingerprint density at radius 1 is 1.50 bits per heavy atom. The molecule has 0 unspecified atom stereocenters. The highest BCUT2D eigenvalue weighted by Crippen LogP contribution is 2.13. The molecule has 0 aliphatic carbocycles. The molecule has 0 radical (unpaired) electrons. The van der Waals surface area contributed by atoms with Crippen molar-refractivity contribution in [2.24, 2.45) is 0 Å². The summed E-state index contributed by atoms with van der Waals surface area (Å²) in [5.41, 5.74) is 0.121. The van der Waals surface area contributed by atoms with Crippen LogP contribution in [-0.4, -0.2) is 10.7 Å². The topological polar surface area (TPSA) is 20.2 Å². The second kappa shape index (κ2) is 3.30. The molecule has 0 bridgehead atoms. The van der Waals surface area contributed by atoms with E-state index in [1.807, 2.05) is 18.4 Å². The Morgan fingerprint density at radius 2 is 2.17 bits per heavy atom. The lowest BCUT2D eigenvalue weighted by Crippen LogP contribution is -2.14. The molecule has 0 amide bonds. The van der Waals surface area contributed by atoms with Gasteiger partial charge in [0.1, 0.15) is 5.60 Å². The standard InChI is InChI=1S/C10H12OS/c1-8-9(5-7-12-8)4-6-10(2,3)11/h5,7,11H,1-3H3. The Balaban J connectivity index is 2.87. The van der Waals surface area contributed by atoms with E-state index in [2.05, 4.69) is 11.8 Å². The summed E-state index contributed by atoms with van der Waals surface area (Å²) in [5, 5.41) is 11.3. The first-order valence-electron chi connectivity index (χ1n) is 3.79. The fourth-order valence-electron chi connectivity index (χ4n) is 0.735. The van der Waals surface area contributed by atoms with Crippen molar-refractivity contribution in [2.75, 3.05) is 0 Å². The molecule has 1 N–H and O–H groups in total. The molecule has 1 aromatic rings. The van der Waals surface area contributed by atoms with Crippen molar-refractivity contribution >= 4 is 11.3 Å². The molecule has 12 heavy (non-hydrogen) atoms. The van der Waals surface area contributed by atoms with Gasteiger partial charge in [0.2, 0.25) is 0 Å². The van der Waals surface area contributed by atoms with Crippen LogP contribution in [0.2, 0.25) is 0 Å². The molecule has 1 nitrogen and oxygen atoms in total. The lowest BCUT2D eigenvalue weighted by Gasteiger charge is -2.05. The maximum atomic E-state index is 9.34. The quantitative estimate of drug-likeness (QED) is 0.607. The second-order valence-corrected chi connectivity index (χ2v) is 4.32. The summed E-state index contributed by atoms with van der Waals surface area (Å²) in [6, 6.07) is 1.97. The molecule has 0 atom stereocenters. The molecular weight excluding hydrogens is 168 g/mol. The summed E-state index contributed by atoms with van der Waals surface area (Å²) < 4.78 is 0. The predicted molar refractivity (Wildman–Crippen MR) is 52.2 cm³/mol. The monoisotopic (exact) mass is 180 g/mol. The highest BCUT2D eigenvalue weighted by atomic mass is 32.1. The summed E-state index contributed by atoms with van der Waals surface area (Å²) in [4.78, 5) is 1.20. The fraction of sp³-hybridized carbons (Fsp3) is 0.400. The van der Waals surface area contributed by atoms with Gasteiger partial charge in [-0.15, -0.1) is 11.3 Å². The van der Waals surface area contributed by atoms with E-state index in [1.165, 1.54) is 4.88 Å². The van der Waals surface area contributed by atoms with Crippen molar-refractivity contribution in [1.82, 2.24) is 0 Å². The zero-order valence-corrected chi connectivity index (χ0v) is 8.33. The van der Waals surface area contributed by atoms with Gasteiger partial charge in [0.15, 0.2) is 0 Å². The minimum Gasteiger partial charge on any atom is -0.378 e. The minimum atomic E-state index is -0.894. The minimum absolute atomic E-state index is 0.894. The summed E-state index contributed by atoms with van der Waals surface area (Å²) in [5.74, 6) is 5.72. The number of rotatable bonds is 0. The zero-order valence-electron chi connectivity index (χ0n) is 7.51. The van der Waals surface area contributed by atoms with Crippen molar-refractivity contribution in [3.8, 4) is 11.8 Å². The normalized spacial score (nSPS) is 10.7. The summed E-state index contributed by atoms with van der Waals surface area (Å²) in [7, 11) is 0. The molecule has 0 aliphatic heterocycles. The van der Waals surface area contributed by atoms with Crippen molar-refractivity contribution in [2.45, 2.75) is 26.4 Å². The van der Waals surface area contributed by atoms with Gasteiger partial charge in [-0.05, 0) is 32.2 Å². The van der Waals surface area contributed by atoms with Gasteiger partial charge in [0.05, 0.1) is 0 Å². The Bertz CT molecular complexity index is 320. The molecule has 0 saturated heterocycles. The van der Waals surface area contributed by atoms with Gasteiger partial charge in [0, 0.05) is 10.4 Å². The first kappa shape index (κ1) is 9.31. The van der Waals surface area contributed by atoms with Crippen LogP contribution in [0.5, 0.6) is 0 Å². The molecule has 64 valence electrons. The van der Waals surface area contributed by atoms with Crippen LogP contribution in [0.15, 0.2) is 11.4 Å². The Labute approximate surface area is 77.1 Å². The third-order valence-electron chi connectivity index (χ3n) is 1.36. The highest BCUT2D eigenvalue weighted by molar-refractivity contribution is 7.10. The van der Waals surface area contributed by atoms with E-state index in [0.717, 1.165) is 5.56 Å². The largest absolute Gasteiger partial charge is 0.378 e. The Morgan fingerprint density at radius 3 is 2.58 bits per heavy atom. The molecule has 0 saturated carbocycles. The van der Waals surface area contributed by atoms with Crippen LogP contribution < -0.4 is 0 Å². The molecular formula is C10H12OS. The lowest BCUT2D eigenvalue weighted by atomic mass is 10.1. The number of aliphatic hydroxyl groups is 1. The molecule has 1 aromatic heterocycles. The van der Waals surface area contributed by atoms with E-state index in [9.17, 15) is 5.11 Å². The first-order chi connectivity index (χ1) is 5.49. The van der Waals surface area contributed by atoms with Gasteiger partial charge in [-0.2, -0.15) is 0 Å². The summed E-state index contributed by atoms with van der Waals surface area (Å²) in [6.07, 6.45) is 0. The lowest BCUT2D eigenvalue weighted by molar-refractivity contribution is 0.143. The Hall–Kier alpha value is -0.780. The average Bonchev–Trinajstić information content (AvgIpc) is 2.29. The number of hydrogen-bond donors (Lipinski definition) is 1. The van der Waals surface area contributed by atoms with Crippen LogP contribution in [0.1, 0.15) is 24.3 Å². The van der Waals surface area contributed by atoms with Gasteiger partial charge < -0.3 is 5.11 Å².